The van der Waals surface area contributed by atoms with Gasteiger partial charge < -0.3 is 5.11 Å². The molecular formula is C15H12ClN3O. The zero-order valence-corrected chi connectivity index (χ0v) is 11.3. The maximum atomic E-state index is 9.46. The number of aliphatic hydroxyl groups is 1. The maximum absolute atomic E-state index is 9.46. The number of hydrogen-bond acceptors (Lipinski definition) is 3. The van der Waals surface area contributed by atoms with Crippen molar-refractivity contribution in [2.24, 2.45) is 0 Å². The monoisotopic (exact) mass is 285 g/mol. The molecule has 3 aromatic rings. The summed E-state index contributed by atoms with van der Waals surface area (Å²) in [5, 5.41) is 18.3. The summed E-state index contributed by atoms with van der Waals surface area (Å²) >= 11 is 6.04. The van der Waals surface area contributed by atoms with E-state index in [4.69, 9.17) is 11.6 Å². The van der Waals surface area contributed by atoms with Gasteiger partial charge in [-0.2, -0.15) is 0 Å². The Labute approximate surface area is 121 Å². The van der Waals surface area contributed by atoms with Gasteiger partial charge in [0.2, 0.25) is 0 Å². The Morgan fingerprint density at radius 3 is 2.55 bits per heavy atom. The van der Waals surface area contributed by atoms with E-state index < -0.39 is 0 Å². The van der Waals surface area contributed by atoms with E-state index in [0.717, 1.165) is 16.9 Å². The standard InChI is InChI=1S/C15H12ClN3O/c16-12-6-4-5-11(9-12)15-14(10-20)17-18-19(15)13-7-2-1-3-8-13/h1-9,20H,10H2. The van der Waals surface area contributed by atoms with Gasteiger partial charge in [0.05, 0.1) is 12.3 Å². The molecule has 3 rings (SSSR count). The molecule has 100 valence electrons. The predicted molar refractivity (Wildman–Crippen MR) is 77.7 cm³/mol. The first-order valence-electron chi connectivity index (χ1n) is 6.16. The van der Waals surface area contributed by atoms with Crippen molar-refractivity contribution in [1.29, 1.82) is 0 Å². The molecule has 1 aromatic heterocycles. The maximum Gasteiger partial charge on any atom is 0.117 e. The van der Waals surface area contributed by atoms with Crippen LogP contribution in [0.15, 0.2) is 54.6 Å². The summed E-state index contributed by atoms with van der Waals surface area (Å²) in [6, 6.07) is 17.1. The summed E-state index contributed by atoms with van der Waals surface area (Å²) in [6.45, 7) is -0.172. The first-order chi connectivity index (χ1) is 9.79. The average molecular weight is 286 g/mol. The molecule has 0 aliphatic carbocycles. The van der Waals surface area contributed by atoms with Gasteiger partial charge in [0.15, 0.2) is 0 Å². The van der Waals surface area contributed by atoms with Gasteiger partial charge in [0.1, 0.15) is 11.4 Å². The highest BCUT2D eigenvalue weighted by atomic mass is 35.5. The second kappa shape index (κ2) is 5.45. The summed E-state index contributed by atoms with van der Waals surface area (Å²) in [4.78, 5) is 0. The molecule has 1 N–H and O–H groups in total. The van der Waals surface area contributed by atoms with Crippen molar-refractivity contribution in [1.82, 2.24) is 15.0 Å². The van der Waals surface area contributed by atoms with Crippen LogP contribution in [0.1, 0.15) is 5.69 Å². The van der Waals surface area contributed by atoms with Gasteiger partial charge in [0, 0.05) is 10.6 Å². The van der Waals surface area contributed by atoms with Crippen LogP contribution >= 0.6 is 11.6 Å². The summed E-state index contributed by atoms with van der Waals surface area (Å²) in [7, 11) is 0. The first kappa shape index (κ1) is 12.8. The highest BCUT2D eigenvalue weighted by Crippen LogP contribution is 2.27. The number of halogens is 1. The fourth-order valence-electron chi connectivity index (χ4n) is 2.09. The molecule has 0 bridgehead atoms. The lowest BCUT2D eigenvalue weighted by atomic mass is 10.1. The lowest BCUT2D eigenvalue weighted by Gasteiger charge is -2.08. The van der Waals surface area contributed by atoms with Gasteiger partial charge in [-0.1, -0.05) is 47.1 Å². The van der Waals surface area contributed by atoms with Crippen molar-refractivity contribution in [2.75, 3.05) is 0 Å². The molecule has 0 saturated carbocycles. The Morgan fingerprint density at radius 2 is 1.85 bits per heavy atom. The van der Waals surface area contributed by atoms with Crippen LogP contribution in [0.4, 0.5) is 0 Å². The molecule has 0 spiro atoms. The summed E-state index contributed by atoms with van der Waals surface area (Å²) in [5.74, 6) is 0. The lowest BCUT2D eigenvalue weighted by Crippen LogP contribution is -2.00. The van der Waals surface area contributed by atoms with Gasteiger partial charge in [-0.15, -0.1) is 5.10 Å². The van der Waals surface area contributed by atoms with Crippen LogP contribution in [0, 0.1) is 0 Å². The molecule has 5 heteroatoms. The van der Waals surface area contributed by atoms with Gasteiger partial charge in [-0.25, -0.2) is 4.68 Å². The second-order valence-electron chi connectivity index (χ2n) is 4.30. The second-order valence-corrected chi connectivity index (χ2v) is 4.74. The van der Waals surface area contributed by atoms with Crippen molar-refractivity contribution in [3.05, 3.63) is 65.3 Å². The Kier molecular flexibility index (Phi) is 3.50. The van der Waals surface area contributed by atoms with Gasteiger partial charge in [-0.3, -0.25) is 0 Å². The molecule has 2 aromatic carbocycles. The zero-order valence-electron chi connectivity index (χ0n) is 10.6. The molecule has 0 unspecified atom stereocenters. The van der Waals surface area contributed by atoms with E-state index in [0.29, 0.717) is 10.7 Å². The number of hydrogen-bond donors (Lipinski definition) is 1. The first-order valence-corrected chi connectivity index (χ1v) is 6.54. The molecule has 0 fully saturated rings. The van der Waals surface area contributed by atoms with Crippen LogP contribution in [0.25, 0.3) is 16.9 Å². The molecule has 0 atom stereocenters. The van der Waals surface area contributed by atoms with Crippen molar-refractivity contribution < 1.29 is 5.11 Å². The molecular weight excluding hydrogens is 274 g/mol. The van der Waals surface area contributed by atoms with Crippen LogP contribution in [-0.2, 0) is 6.61 Å². The molecule has 20 heavy (non-hydrogen) atoms. The third kappa shape index (κ3) is 2.31. The van der Waals surface area contributed by atoms with Gasteiger partial charge in [-0.05, 0) is 24.3 Å². The number of aliphatic hydroxyl groups excluding tert-OH is 1. The van der Waals surface area contributed by atoms with Crippen LogP contribution in [0.5, 0.6) is 0 Å². The molecule has 0 radical (unpaired) electrons. The minimum Gasteiger partial charge on any atom is -0.390 e. The van der Waals surface area contributed by atoms with E-state index in [2.05, 4.69) is 10.3 Å². The minimum atomic E-state index is -0.172. The molecule has 1 heterocycles. The van der Waals surface area contributed by atoms with Crippen molar-refractivity contribution in [3.8, 4) is 16.9 Å². The Hall–Kier alpha value is -2.17. The third-order valence-electron chi connectivity index (χ3n) is 2.99. The number of benzene rings is 2. The van der Waals surface area contributed by atoms with Crippen LogP contribution in [0.3, 0.4) is 0 Å². The molecule has 0 aliphatic rings. The van der Waals surface area contributed by atoms with Crippen molar-refractivity contribution >= 4 is 11.6 Å². The van der Waals surface area contributed by atoms with E-state index in [9.17, 15) is 5.11 Å². The Bertz CT molecular complexity index is 725. The number of para-hydroxylation sites is 1. The highest BCUT2D eigenvalue weighted by molar-refractivity contribution is 6.30. The topological polar surface area (TPSA) is 50.9 Å². The van der Waals surface area contributed by atoms with E-state index in [-0.39, 0.29) is 6.61 Å². The predicted octanol–water partition coefficient (Wildman–Crippen LogP) is 3.08. The smallest absolute Gasteiger partial charge is 0.117 e. The fourth-order valence-corrected chi connectivity index (χ4v) is 2.28. The number of aromatic nitrogens is 3. The normalized spacial score (nSPS) is 10.7. The van der Waals surface area contributed by atoms with E-state index in [1.807, 2.05) is 48.5 Å². The Morgan fingerprint density at radius 1 is 1.05 bits per heavy atom. The van der Waals surface area contributed by atoms with E-state index in [1.165, 1.54) is 0 Å². The number of nitrogens with zero attached hydrogens (tertiary/aromatic N) is 3. The Balaban J connectivity index is 2.21. The largest absolute Gasteiger partial charge is 0.390 e. The van der Waals surface area contributed by atoms with Crippen molar-refractivity contribution in [3.63, 3.8) is 0 Å². The van der Waals surface area contributed by atoms with Gasteiger partial charge in [0.25, 0.3) is 0 Å². The van der Waals surface area contributed by atoms with Crippen LogP contribution in [-0.4, -0.2) is 20.1 Å². The van der Waals surface area contributed by atoms with Crippen LogP contribution < -0.4 is 0 Å². The third-order valence-corrected chi connectivity index (χ3v) is 3.22. The quantitative estimate of drug-likeness (QED) is 0.804. The van der Waals surface area contributed by atoms with Crippen LogP contribution in [0.2, 0.25) is 5.02 Å². The SMILES string of the molecule is OCc1nnn(-c2ccccc2)c1-c1cccc(Cl)c1. The lowest BCUT2D eigenvalue weighted by molar-refractivity contribution is 0.277. The van der Waals surface area contributed by atoms with E-state index >= 15 is 0 Å². The summed E-state index contributed by atoms with van der Waals surface area (Å²) in [6.07, 6.45) is 0. The summed E-state index contributed by atoms with van der Waals surface area (Å²) < 4.78 is 1.71. The molecule has 4 nitrogen and oxygen atoms in total. The zero-order chi connectivity index (χ0) is 13.9. The van der Waals surface area contributed by atoms with Crippen molar-refractivity contribution in [2.45, 2.75) is 6.61 Å². The minimum absolute atomic E-state index is 0.172. The average Bonchev–Trinajstić information content (AvgIpc) is 2.92. The number of rotatable bonds is 3. The van der Waals surface area contributed by atoms with E-state index in [1.54, 1.807) is 10.7 Å². The molecule has 0 saturated heterocycles. The molecule has 0 amide bonds. The fraction of sp³-hybridized carbons (Fsp3) is 0.0667. The molecule has 0 aliphatic heterocycles. The summed E-state index contributed by atoms with van der Waals surface area (Å²) in [5.41, 5.74) is 3.03. The highest BCUT2D eigenvalue weighted by Gasteiger charge is 2.15. The van der Waals surface area contributed by atoms with Gasteiger partial charge >= 0.3 is 0 Å².